The molecule has 0 atom stereocenters. The van der Waals surface area contributed by atoms with E-state index in [0.717, 1.165) is 12.1 Å². The number of hydrogen-bond acceptors (Lipinski definition) is 3. The van der Waals surface area contributed by atoms with Crippen molar-refractivity contribution in [2.75, 3.05) is 5.73 Å². The van der Waals surface area contributed by atoms with Crippen molar-refractivity contribution >= 4 is 11.7 Å². The largest absolute Gasteiger partial charge is 0.476 e. The summed E-state index contributed by atoms with van der Waals surface area (Å²) in [4.78, 5) is 14.7. The third-order valence-corrected chi connectivity index (χ3v) is 1.80. The van der Waals surface area contributed by atoms with Crippen molar-refractivity contribution in [3.8, 4) is 0 Å². The van der Waals surface area contributed by atoms with Crippen LogP contribution in [0.15, 0.2) is 12.1 Å². The Balaban J connectivity index is 3.00. The topological polar surface area (TPSA) is 76.2 Å². The van der Waals surface area contributed by atoms with E-state index in [-0.39, 0.29) is 11.4 Å². The fraction of sp³-hybridized carbons (Fsp3) is 0.400. The van der Waals surface area contributed by atoms with E-state index >= 15 is 0 Å². The Hall–Kier alpha value is -1.58. The standard InChI is InChI=1S/C10H14N2O2/c1-6(2)5-7-3-4-8(11)9(12-7)10(13)14/h3-4,6H,5,11H2,1-2H3,(H,13,14). The highest BCUT2D eigenvalue weighted by Gasteiger charge is 2.10. The first-order chi connectivity index (χ1) is 6.50. The molecule has 0 aromatic carbocycles. The maximum Gasteiger partial charge on any atom is 0.356 e. The Kier molecular flexibility index (Phi) is 3.06. The van der Waals surface area contributed by atoms with Crippen LogP contribution in [0.3, 0.4) is 0 Å². The van der Waals surface area contributed by atoms with Crippen LogP contribution in [0.4, 0.5) is 5.69 Å². The average Bonchev–Trinajstić information content (AvgIpc) is 2.07. The third kappa shape index (κ3) is 2.45. The zero-order valence-electron chi connectivity index (χ0n) is 8.32. The lowest BCUT2D eigenvalue weighted by molar-refractivity contribution is 0.0691. The second kappa shape index (κ2) is 4.09. The van der Waals surface area contributed by atoms with Gasteiger partial charge in [-0.05, 0) is 24.5 Å². The number of rotatable bonds is 3. The van der Waals surface area contributed by atoms with Crippen LogP contribution in [0.1, 0.15) is 30.0 Å². The molecule has 1 heterocycles. The number of nitrogen functional groups attached to an aromatic ring is 1. The van der Waals surface area contributed by atoms with Gasteiger partial charge in [0.25, 0.3) is 0 Å². The predicted octanol–water partition coefficient (Wildman–Crippen LogP) is 1.56. The average molecular weight is 194 g/mol. The highest BCUT2D eigenvalue weighted by Crippen LogP contribution is 2.12. The summed E-state index contributed by atoms with van der Waals surface area (Å²) in [5.74, 6) is -0.624. The van der Waals surface area contributed by atoms with Crippen LogP contribution < -0.4 is 5.73 Å². The zero-order chi connectivity index (χ0) is 10.7. The van der Waals surface area contributed by atoms with Crippen LogP contribution in [0, 0.1) is 5.92 Å². The Bertz CT molecular complexity index is 348. The van der Waals surface area contributed by atoms with Crippen molar-refractivity contribution in [3.05, 3.63) is 23.5 Å². The highest BCUT2D eigenvalue weighted by atomic mass is 16.4. The summed E-state index contributed by atoms with van der Waals surface area (Å²) >= 11 is 0. The number of carboxylic acid groups (broad SMARTS) is 1. The molecule has 0 aliphatic rings. The molecule has 1 rings (SSSR count). The second-order valence-electron chi connectivity index (χ2n) is 3.64. The molecule has 0 spiro atoms. The minimum absolute atomic E-state index is 0.0526. The quantitative estimate of drug-likeness (QED) is 0.765. The number of hydrogen-bond donors (Lipinski definition) is 2. The molecule has 1 aromatic rings. The molecule has 0 bridgehead atoms. The molecule has 1 aromatic heterocycles. The summed E-state index contributed by atoms with van der Waals surface area (Å²) in [5, 5.41) is 8.78. The maximum absolute atomic E-state index is 10.7. The number of nitrogens with two attached hydrogens (primary N) is 1. The molecular formula is C10H14N2O2. The van der Waals surface area contributed by atoms with Crippen LogP contribution in [0.25, 0.3) is 0 Å². The van der Waals surface area contributed by atoms with Crippen molar-refractivity contribution in [3.63, 3.8) is 0 Å². The summed E-state index contributed by atoms with van der Waals surface area (Å²) in [6.07, 6.45) is 0.764. The first kappa shape index (κ1) is 10.5. The lowest BCUT2D eigenvalue weighted by atomic mass is 10.1. The maximum atomic E-state index is 10.7. The lowest BCUT2D eigenvalue weighted by Crippen LogP contribution is -2.08. The van der Waals surface area contributed by atoms with Gasteiger partial charge in [0.05, 0.1) is 5.69 Å². The molecule has 0 aliphatic heterocycles. The van der Waals surface area contributed by atoms with E-state index in [1.54, 1.807) is 12.1 Å². The van der Waals surface area contributed by atoms with Crippen molar-refractivity contribution in [1.82, 2.24) is 4.98 Å². The molecule has 0 aliphatic carbocycles. The van der Waals surface area contributed by atoms with Crippen LogP contribution in [-0.4, -0.2) is 16.1 Å². The predicted molar refractivity (Wildman–Crippen MR) is 54.2 cm³/mol. The number of aromatic nitrogens is 1. The molecule has 0 radical (unpaired) electrons. The van der Waals surface area contributed by atoms with E-state index < -0.39 is 5.97 Å². The van der Waals surface area contributed by atoms with Gasteiger partial charge in [-0.15, -0.1) is 0 Å². The molecule has 3 N–H and O–H groups in total. The van der Waals surface area contributed by atoms with Gasteiger partial charge < -0.3 is 10.8 Å². The molecule has 0 fully saturated rings. The smallest absolute Gasteiger partial charge is 0.356 e. The van der Waals surface area contributed by atoms with Gasteiger partial charge in [-0.25, -0.2) is 9.78 Å². The van der Waals surface area contributed by atoms with E-state index in [9.17, 15) is 4.79 Å². The molecule has 4 nitrogen and oxygen atoms in total. The molecule has 76 valence electrons. The molecule has 0 amide bonds. The van der Waals surface area contributed by atoms with Gasteiger partial charge in [0.1, 0.15) is 0 Å². The van der Waals surface area contributed by atoms with Gasteiger partial charge in [0.2, 0.25) is 0 Å². The summed E-state index contributed by atoms with van der Waals surface area (Å²) < 4.78 is 0. The minimum Gasteiger partial charge on any atom is -0.476 e. The van der Waals surface area contributed by atoms with Crippen LogP contribution in [-0.2, 0) is 6.42 Å². The third-order valence-electron chi connectivity index (χ3n) is 1.80. The first-order valence-corrected chi connectivity index (χ1v) is 4.49. The molecule has 14 heavy (non-hydrogen) atoms. The van der Waals surface area contributed by atoms with Gasteiger partial charge in [0, 0.05) is 5.69 Å². The second-order valence-corrected chi connectivity index (χ2v) is 3.64. The van der Waals surface area contributed by atoms with Crippen LogP contribution in [0.2, 0.25) is 0 Å². The Morgan fingerprint density at radius 1 is 1.57 bits per heavy atom. The number of anilines is 1. The molecule has 0 saturated carbocycles. The number of carbonyl (C=O) groups is 1. The van der Waals surface area contributed by atoms with Crippen LogP contribution >= 0.6 is 0 Å². The molecule has 0 saturated heterocycles. The molecule has 4 heteroatoms. The Morgan fingerprint density at radius 2 is 2.21 bits per heavy atom. The number of nitrogens with zero attached hydrogens (tertiary/aromatic N) is 1. The monoisotopic (exact) mass is 194 g/mol. The summed E-state index contributed by atoms with van der Waals surface area (Å²) in [5.41, 5.74) is 6.41. The van der Waals surface area contributed by atoms with Gasteiger partial charge in [-0.2, -0.15) is 0 Å². The summed E-state index contributed by atoms with van der Waals surface area (Å²) in [6.45, 7) is 4.11. The van der Waals surface area contributed by atoms with Crippen molar-refractivity contribution in [1.29, 1.82) is 0 Å². The normalized spacial score (nSPS) is 10.5. The Labute approximate surface area is 82.8 Å². The molecular weight excluding hydrogens is 180 g/mol. The number of pyridine rings is 1. The van der Waals surface area contributed by atoms with Gasteiger partial charge in [-0.3, -0.25) is 0 Å². The van der Waals surface area contributed by atoms with Gasteiger partial charge in [-0.1, -0.05) is 13.8 Å². The molecule has 0 unspecified atom stereocenters. The lowest BCUT2D eigenvalue weighted by Gasteiger charge is -2.06. The fourth-order valence-electron chi connectivity index (χ4n) is 1.21. The Morgan fingerprint density at radius 3 is 2.71 bits per heavy atom. The SMILES string of the molecule is CC(C)Cc1ccc(N)c(C(=O)O)n1. The van der Waals surface area contributed by atoms with Crippen LogP contribution in [0.5, 0.6) is 0 Å². The van der Waals surface area contributed by atoms with Gasteiger partial charge in [0.15, 0.2) is 5.69 Å². The summed E-state index contributed by atoms with van der Waals surface area (Å²) in [7, 11) is 0. The number of carboxylic acids is 1. The van der Waals surface area contributed by atoms with Gasteiger partial charge >= 0.3 is 5.97 Å². The van der Waals surface area contributed by atoms with Crippen molar-refractivity contribution < 1.29 is 9.90 Å². The van der Waals surface area contributed by atoms with Crippen molar-refractivity contribution in [2.24, 2.45) is 5.92 Å². The van der Waals surface area contributed by atoms with Crippen molar-refractivity contribution in [2.45, 2.75) is 20.3 Å². The highest BCUT2D eigenvalue weighted by molar-refractivity contribution is 5.91. The summed E-state index contributed by atoms with van der Waals surface area (Å²) in [6, 6.07) is 3.36. The van der Waals surface area contributed by atoms with E-state index in [2.05, 4.69) is 18.8 Å². The number of aromatic carboxylic acids is 1. The van der Waals surface area contributed by atoms with E-state index in [0.29, 0.717) is 5.92 Å². The fourth-order valence-corrected chi connectivity index (χ4v) is 1.21. The van der Waals surface area contributed by atoms with E-state index in [4.69, 9.17) is 10.8 Å². The minimum atomic E-state index is -1.08. The first-order valence-electron chi connectivity index (χ1n) is 4.49. The zero-order valence-corrected chi connectivity index (χ0v) is 8.32. The van der Waals surface area contributed by atoms with E-state index in [1.165, 1.54) is 0 Å². The van der Waals surface area contributed by atoms with E-state index in [1.807, 2.05) is 0 Å².